The van der Waals surface area contributed by atoms with E-state index in [1.165, 1.54) is 0 Å². The van der Waals surface area contributed by atoms with Gasteiger partial charge in [0.15, 0.2) is 5.11 Å². The number of piperazine rings is 1. The van der Waals surface area contributed by atoms with Crippen molar-refractivity contribution in [1.82, 2.24) is 10.2 Å². The van der Waals surface area contributed by atoms with E-state index in [0.29, 0.717) is 48.1 Å². The SMILES string of the molecule is CCCC(=O)N1CCN(c2ccc(NC(=S)NC(=O)c3ccc(OCc4ccccc4)cc3)cc2Cl)CC1. The van der Waals surface area contributed by atoms with Crippen LogP contribution < -0.4 is 20.3 Å². The second kappa shape index (κ2) is 13.3. The van der Waals surface area contributed by atoms with Gasteiger partial charge >= 0.3 is 0 Å². The summed E-state index contributed by atoms with van der Waals surface area (Å²) in [4.78, 5) is 28.9. The number of nitrogens with one attached hydrogen (secondary N) is 2. The van der Waals surface area contributed by atoms with E-state index in [1.54, 1.807) is 30.3 Å². The molecule has 0 unspecified atom stereocenters. The third kappa shape index (κ3) is 7.46. The number of thiocarbonyl (C=S) groups is 1. The predicted octanol–water partition coefficient (Wildman–Crippen LogP) is 5.49. The number of carbonyl (C=O) groups is 2. The van der Waals surface area contributed by atoms with Crippen molar-refractivity contribution < 1.29 is 14.3 Å². The minimum absolute atomic E-state index is 0.172. The lowest BCUT2D eigenvalue weighted by Gasteiger charge is -2.36. The summed E-state index contributed by atoms with van der Waals surface area (Å²) >= 11 is 11.9. The van der Waals surface area contributed by atoms with Crippen LogP contribution in [0.15, 0.2) is 72.8 Å². The molecule has 0 radical (unpaired) electrons. The number of anilines is 2. The summed E-state index contributed by atoms with van der Waals surface area (Å²) in [5, 5.41) is 6.46. The quantitative estimate of drug-likeness (QED) is 0.361. The van der Waals surface area contributed by atoms with Gasteiger partial charge in [0.2, 0.25) is 5.91 Å². The van der Waals surface area contributed by atoms with Crippen molar-refractivity contribution in [3.63, 3.8) is 0 Å². The molecule has 0 spiro atoms. The number of carbonyl (C=O) groups excluding carboxylic acids is 2. The Morgan fingerprint density at radius 1 is 0.974 bits per heavy atom. The number of nitrogens with zero attached hydrogens (tertiary/aromatic N) is 2. The van der Waals surface area contributed by atoms with E-state index in [-0.39, 0.29) is 16.9 Å². The molecular formula is C29H31ClN4O3S. The first-order valence-electron chi connectivity index (χ1n) is 12.6. The monoisotopic (exact) mass is 550 g/mol. The number of rotatable bonds is 8. The zero-order valence-electron chi connectivity index (χ0n) is 21.3. The van der Waals surface area contributed by atoms with Crippen LogP contribution in [0.2, 0.25) is 5.02 Å². The van der Waals surface area contributed by atoms with Gasteiger partial charge in [-0.3, -0.25) is 14.9 Å². The highest BCUT2D eigenvalue weighted by Gasteiger charge is 2.22. The van der Waals surface area contributed by atoms with Crippen LogP contribution in [-0.4, -0.2) is 48.0 Å². The molecule has 3 aromatic carbocycles. The van der Waals surface area contributed by atoms with Gasteiger partial charge in [0.25, 0.3) is 5.91 Å². The lowest BCUT2D eigenvalue weighted by molar-refractivity contribution is -0.131. The molecule has 0 aliphatic carbocycles. The van der Waals surface area contributed by atoms with Gasteiger partial charge in [0.1, 0.15) is 12.4 Å². The summed E-state index contributed by atoms with van der Waals surface area (Å²) in [7, 11) is 0. The minimum atomic E-state index is -0.324. The Morgan fingerprint density at radius 2 is 1.68 bits per heavy atom. The molecule has 9 heteroatoms. The number of ether oxygens (including phenoxy) is 1. The molecule has 1 aliphatic rings. The van der Waals surface area contributed by atoms with Crippen molar-refractivity contribution >= 4 is 52.1 Å². The number of hydrogen-bond acceptors (Lipinski definition) is 5. The first-order valence-corrected chi connectivity index (χ1v) is 13.4. The molecule has 0 bridgehead atoms. The van der Waals surface area contributed by atoms with E-state index < -0.39 is 0 Å². The fraction of sp³-hybridized carbons (Fsp3) is 0.276. The molecule has 1 saturated heterocycles. The van der Waals surface area contributed by atoms with Gasteiger partial charge in [-0.2, -0.15) is 0 Å². The zero-order chi connectivity index (χ0) is 26.9. The molecular weight excluding hydrogens is 520 g/mol. The molecule has 3 aromatic rings. The Balaban J connectivity index is 1.26. The maximum atomic E-state index is 12.6. The maximum absolute atomic E-state index is 12.6. The lowest BCUT2D eigenvalue weighted by Crippen LogP contribution is -2.48. The van der Waals surface area contributed by atoms with E-state index in [2.05, 4.69) is 15.5 Å². The van der Waals surface area contributed by atoms with Gasteiger partial charge in [0.05, 0.1) is 10.7 Å². The van der Waals surface area contributed by atoms with Crippen molar-refractivity contribution in [2.45, 2.75) is 26.4 Å². The summed E-state index contributed by atoms with van der Waals surface area (Å²) in [6.07, 6.45) is 1.45. The average Bonchev–Trinajstić information content (AvgIpc) is 2.93. The van der Waals surface area contributed by atoms with E-state index in [9.17, 15) is 9.59 Å². The molecule has 4 rings (SSSR count). The number of hydrogen-bond donors (Lipinski definition) is 2. The van der Waals surface area contributed by atoms with Crippen molar-refractivity contribution in [2.24, 2.45) is 0 Å². The maximum Gasteiger partial charge on any atom is 0.257 e. The molecule has 38 heavy (non-hydrogen) atoms. The second-order valence-electron chi connectivity index (χ2n) is 8.99. The highest BCUT2D eigenvalue weighted by atomic mass is 35.5. The molecule has 2 N–H and O–H groups in total. The Labute approximate surface area is 233 Å². The third-order valence-corrected chi connectivity index (χ3v) is 6.74. The smallest absolute Gasteiger partial charge is 0.257 e. The second-order valence-corrected chi connectivity index (χ2v) is 9.81. The highest BCUT2D eigenvalue weighted by Crippen LogP contribution is 2.30. The number of benzene rings is 3. The molecule has 0 atom stereocenters. The van der Waals surface area contributed by atoms with E-state index in [1.807, 2.05) is 54.3 Å². The van der Waals surface area contributed by atoms with Crippen LogP contribution in [0, 0.1) is 0 Å². The lowest BCUT2D eigenvalue weighted by atomic mass is 10.2. The normalized spacial score (nSPS) is 13.1. The van der Waals surface area contributed by atoms with E-state index in [0.717, 1.165) is 30.8 Å². The van der Waals surface area contributed by atoms with Crippen molar-refractivity contribution in [1.29, 1.82) is 0 Å². The fourth-order valence-electron chi connectivity index (χ4n) is 4.19. The molecule has 1 aliphatic heterocycles. The first kappa shape index (κ1) is 27.4. The zero-order valence-corrected chi connectivity index (χ0v) is 22.9. The van der Waals surface area contributed by atoms with Crippen LogP contribution in [0.1, 0.15) is 35.7 Å². The Bertz CT molecular complexity index is 1260. The number of halogens is 1. The molecule has 0 aromatic heterocycles. The largest absolute Gasteiger partial charge is 0.489 e. The van der Waals surface area contributed by atoms with E-state index >= 15 is 0 Å². The molecule has 0 saturated carbocycles. The Hall–Kier alpha value is -3.62. The topological polar surface area (TPSA) is 73.9 Å². The first-order chi connectivity index (χ1) is 18.4. The number of amides is 2. The Morgan fingerprint density at radius 3 is 2.34 bits per heavy atom. The molecule has 198 valence electrons. The van der Waals surface area contributed by atoms with Crippen LogP contribution in [0.3, 0.4) is 0 Å². The van der Waals surface area contributed by atoms with Crippen molar-refractivity contribution in [3.8, 4) is 5.75 Å². The van der Waals surface area contributed by atoms with Crippen LogP contribution in [0.5, 0.6) is 5.75 Å². The predicted molar refractivity (Wildman–Crippen MR) is 156 cm³/mol. The summed E-state index contributed by atoms with van der Waals surface area (Å²) in [5.74, 6) is 0.561. The third-order valence-electron chi connectivity index (χ3n) is 6.23. The minimum Gasteiger partial charge on any atom is -0.489 e. The van der Waals surface area contributed by atoms with Gasteiger partial charge in [-0.25, -0.2) is 0 Å². The van der Waals surface area contributed by atoms with Gasteiger partial charge in [0, 0.05) is 43.9 Å². The van der Waals surface area contributed by atoms with Gasteiger partial charge in [-0.05, 0) is 66.7 Å². The van der Waals surface area contributed by atoms with Crippen LogP contribution in [-0.2, 0) is 11.4 Å². The average molecular weight is 551 g/mol. The Kier molecular flexibility index (Phi) is 9.56. The molecule has 1 heterocycles. The molecule has 2 amide bonds. The summed E-state index contributed by atoms with van der Waals surface area (Å²) in [6.45, 7) is 5.30. The van der Waals surface area contributed by atoms with Gasteiger partial charge in [-0.1, -0.05) is 48.9 Å². The fourth-order valence-corrected chi connectivity index (χ4v) is 4.70. The van der Waals surface area contributed by atoms with Gasteiger partial charge in [-0.15, -0.1) is 0 Å². The van der Waals surface area contributed by atoms with Crippen molar-refractivity contribution in [2.75, 3.05) is 36.4 Å². The van der Waals surface area contributed by atoms with E-state index in [4.69, 9.17) is 28.6 Å². The van der Waals surface area contributed by atoms with Crippen molar-refractivity contribution in [3.05, 3.63) is 88.9 Å². The standard InChI is InChI=1S/C29H31ClN4O3S/c1-2-6-27(35)34-17-15-33(16-18-34)26-14-11-23(19-25(26)30)31-29(38)32-28(36)22-9-12-24(13-10-22)37-20-21-7-4-3-5-8-21/h3-5,7-14,19H,2,6,15-18,20H2,1H3,(H2,31,32,36,38). The van der Waals surface area contributed by atoms with Gasteiger partial charge < -0.3 is 19.9 Å². The van der Waals surface area contributed by atoms with Crippen LogP contribution in [0.4, 0.5) is 11.4 Å². The van der Waals surface area contributed by atoms with Crippen LogP contribution >= 0.6 is 23.8 Å². The summed E-state index contributed by atoms with van der Waals surface area (Å²) in [5.41, 5.74) is 3.11. The molecule has 7 nitrogen and oxygen atoms in total. The summed E-state index contributed by atoms with van der Waals surface area (Å²) in [6, 6.07) is 22.4. The molecule has 1 fully saturated rings. The van der Waals surface area contributed by atoms with Crippen LogP contribution in [0.25, 0.3) is 0 Å². The summed E-state index contributed by atoms with van der Waals surface area (Å²) < 4.78 is 5.77. The highest BCUT2D eigenvalue weighted by molar-refractivity contribution is 7.80.